The molecule has 4 heteroatoms. The van der Waals surface area contributed by atoms with Crippen LogP contribution in [0.1, 0.15) is 84.0 Å². The van der Waals surface area contributed by atoms with Gasteiger partial charge >= 0.3 is 6.18 Å². The van der Waals surface area contributed by atoms with E-state index in [-0.39, 0.29) is 0 Å². The van der Waals surface area contributed by atoms with Gasteiger partial charge in [-0.25, -0.2) is 0 Å². The summed E-state index contributed by atoms with van der Waals surface area (Å²) >= 11 is 0. The van der Waals surface area contributed by atoms with Crippen LogP contribution in [0.3, 0.4) is 0 Å². The maximum atomic E-state index is 12.2. The first-order chi connectivity index (χ1) is 12.5. The van der Waals surface area contributed by atoms with E-state index in [1.54, 1.807) is 0 Å². The molecule has 0 heterocycles. The van der Waals surface area contributed by atoms with E-state index in [1.807, 2.05) is 12.2 Å². The van der Waals surface area contributed by atoms with Gasteiger partial charge < -0.3 is 4.74 Å². The molecule has 0 aromatic rings. The summed E-state index contributed by atoms with van der Waals surface area (Å²) < 4.78 is 41.6. The lowest BCUT2D eigenvalue weighted by Crippen LogP contribution is -2.23. The summed E-state index contributed by atoms with van der Waals surface area (Å²) in [4.78, 5) is 0. The van der Waals surface area contributed by atoms with Gasteiger partial charge in [0.1, 0.15) is 6.61 Å². The molecule has 1 atom stereocenters. The molecule has 0 amide bonds. The van der Waals surface area contributed by atoms with Gasteiger partial charge in [-0.15, -0.1) is 0 Å². The minimum Gasteiger partial charge on any atom is -0.364 e. The highest BCUT2D eigenvalue weighted by molar-refractivity contribution is 5.27. The molecule has 0 saturated heterocycles. The van der Waals surface area contributed by atoms with Crippen LogP contribution in [0.5, 0.6) is 0 Å². The summed E-state index contributed by atoms with van der Waals surface area (Å²) in [7, 11) is 0. The standard InChI is InChI=1S/C22H35F3O/c1-2-3-4-5-6-7-8-18-9-11-19(12-10-18)20-13-15-21(16-14-20)26-17-22(23,24)25/h13-15,18-19,21H,2-12,16-17H2,1H3. The highest BCUT2D eigenvalue weighted by Gasteiger charge is 2.29. The van der Waals surface area contributed by atoms with Crippen molar-refractivity contribution >= 4 is 0 Å². The molecule has 2 aliphatic rings. The van der Waals surface area contributed by atoms with Crippen LogP contribution < -0.4 is 0 Å². The van der Waals surface area contributed by atoms with Crippen LogP contribution in [0.15, 0.2) is 23.8 Å². The number of halogens is 3. The largest absolute Gasteiger partial charge is 0.411 e. The first-order valence-electron chi connectivity index (χ1n) is 10.5. The predicted octanol–water partition coefficient (Wildman–Crippen LogP) is 7.38. The third kappa shape index (κ3) is 8.28. The fourth-order valence-corrected chi connectivity index (χ4v) is 4.24. The second-order valence-electron chi connectivity index (χ2n) is 8.04. The number of unbranched alkanes of at least 4 members (excludes halogenated alkanes) is 5. The Hall–Kier alpha value is -0.770. The zero-order valence-electron chi connectivity index (χ0n) is 16.2. The molecular weight excluding hydrogens is 337 g/mol. The lowest BCUT2D eigenvalue weighted by molar-refractivity contribution is -0.180. The Labute approximate surface area is 157 Å². The molecule has 150 valence electrons. The minimum absolute atomic E-state index is 0.426. The summed E-state index contributed by atoms with van der Waals surface area (Å²) in [6.45, 7) is 1.10. The van der Waals surface area contributed by atoms with Gasteiger partial charge in [-0.1, -0.05) is 70.1 Å². The first kappa shape index (κ1) is 21.5. The zero-order valence-corrected chi connectivity index (χ0v) is 16.2. The maximum Gasteiger partial charge on any atom is 0.411 e. The van der Waals surface area contributed by atoms with Gasteiger partial charge in [0.25, 0.3) is 0 Å². The molecule has 0 radical (unpaired) electrons. The Balaban J connectivity index is 1.60. The van der Waals surface area contributed by atoms with E-state index in [2.05, 4.69) is 13.0 Å². The summed E-state index contributed by atoms with van der Waals surface area (Å²) in [5, 5.41) is 0. The van der Waals surface area contributed by atoms with E-state index < -0.39 is 18.9 Å². The van der Waals surface area contributed by atoms with Crippen molar-refractivity contribution in [2.24, 2.45) is 11.8 Å². The van der Waals surface area contributed by atoms with E-state index >= 15 is 0 Å². The van der Waals surface area contributed by atoms with Crippen molar-refractivity contribution in [3.8, 4) is 0 Å². The van der Waals surface area contributed by atoms with E-state index in [1.165, 1.54) is 76.2 Å². The average molecular weight is 373 g/mol. The molecule has 2 rings (SSSR count). The van der Waals surface area contributed by atoms with Gasteiger partial charge in [-0.2, -0.15) is 13.2 Å². The highest BCUT2D eigenvalue weighted by Crippen LogP contribution is 2.37. The predicted molar refractivity (Wildman–Crippen MR) is 101 cm³/mol. The van der Waals surface area contributed by atoms with E-state index in [9.17, 15) is 13.2 Å². The Kier molecular flexibility index (Phi) is 9.24. The molecule has 26 heavy (non-hydrogen) atoms. The van der Waals surface area contributed by atoms with E-state index in [4.69, 9.17) is 4.74 Å². The van der Waals surface area contributed by atoms with Crippen molar-refractivity contribution in [1.82, 2.24) is 0 Å². The van der Waals surface area contributed by atoms with Gasteiger partial charge in [0.2, 0.25) is 0 Å². The normalized spacial score (nSPS) is 26.8. The third-order valence-corrected chi connectivity index (χ3v) is 5.83. The number of hydrogen-bond donors (Lipinski definition) is 0. The summed E-state index contributed by atoms with van der Waals surface area (Å²) in [5.74, 6) is 1.48. The quantitative estimate of drug-likeness (QED) is 0.364. The fourth-order valence-electron chi connectivity index (χ4n) is 4.24. The topological polar surface area (TPSA) is 9.23 Å². The van der Waals surface area contributed by atoms with Crippen LogP contribution in [0.25, 0.3) is 0 Å². The maximum absolute atomic E-state index is 12.2. The lowest BCUT2D eigenvalue weighted by atomic mass is 9.76. The van der Waals surface area contributed by atoms with Crippen LogP contribution in [-0.4, -0.2) is 18.9 Å². The van der Waals surface area contributed by atoms with Gasteiger partial charge in [-0.3, -0.25) is 0 Å². The summed E-state index contributed by atoms with van der Waals surface area (Å²) in [5.41, 5.74) is 1.31. The zero-order chi connectivity index (χ0) is 18.8. The smallest absolute Gasteiger partial charge is 0.364 e. The van der Waals surface area contributed by atoms with Crippen molar-refractivity contribution in [3.05, 3.63) is 23.8 Å². The average Bonchev–Trinajstić information content (AvgIpc) is 2.63. The van der Waals surface area contributed by atoms with Crippen molar-refractivity contribution in [2.75, 3.05) is 6.61 Å². The van der Waals surface area contributed by atoms with E-state index in [0.29, 0.717) is 12.3 Å². The van der Waals surface area contributed by atoms with Crippen molar-refractivity contribution in [3.63, 3.8) is 0 Å². The fraction of sp³-hybridized carbons (Fsp3) is 0.818. The Morgan fingerprint density at radius 2 is 1.69 bits per heavy atom. The van der Waals surface area contributed by atoms with Gasteiger partial charge in [0.05, 0.1) is 6.10 Å². The Morgan fingerprint density at radius 1 is 1.00 bits per heavy atom. The number of rotatable bonds is 10. The van der Waals surface area contributed by atoms with Crippen molar-refractivity contribution in [2.45, 2.75) is 96.3 Å². The molecule has 0 bridgehead atoms. The molecule has 0 aromatic carbocycles. The van der Waals surface area contributed by atoms with Gasteiger partial charge in [0, 0.05) is 0 Å². The lowest BCUT2D eigenvalue weighted by Gasteiger charge is -2.31. The third-order valence-electron chi connectivity index (χ3n) is 5.83. The molecule has 0 spiro atoms. The van der Waals surface area contributed by atoms with Gasteiger partial charge in [-0.05, 0) is 49.5 Å². The van der Waals surface area contributed by atoms with Crippen LogP contribution >= 0.6 is 0 Å². The summed E-state index contributed by atoms with van der Waals surface area (Å²) in [6.07, 6.45) is 16.5. The van der Waals surface area contributed by atoms with Crippen LogP contribution in [0.4, 0.5) is 13.2 Å². The van der Waals surface area contributed by atoms with Crippen LogP contribution in [0.2, 0.25) is 0 Å². The number of alkyl halides is 3. The second-order valence-corrected chi connectivity index (χ2v) is 8.04. The molecule has 1 unspecified atom stereocenters. The van der Waals surface area contributed by atoms with Crippen LogP contribution in [0, 0.1) is 11.8 Å². The van der Waals surface area contributed by atoms with Crippen molar-refractivity contribution in [1.29, 1.82) is 0 Å². The monoisotopic (exact) mass is 372 g/mol. The number of allylic oxidation sites excluding steroid dienone is 2. The van der Waals surface area contributed by atoms with E-state index in [0.717, 1.165) is 5.92 Å². The molecule has 0 N–H and O–H groups in total. The van der Waals surface area contributed by atoms with Crippen LogP contribution in [-0.2, 0) is 4.74 Å². The molecule has 0 aromatic heterocycles. The Morgan fingerprint density at radius 3 is 2.31 bits per heavy atom. The van der Waals surface area contributed by atoms with Crippen molar-refractivity contribution < 1.29 is 17.9 Å². The molecule has 1 saturated carbocycles. The summed E-state index contributed by atoms with van der Waals surface area (Å²) in [6, 6.07) is 0. The second kappa shape index (κ2) is 11.2. The molecule has 2 aliphatic carbocycles. The molecule has 1 nitrogen and oxygen atoms in total. The first-order valence-corrected chi connectivity index (χ1v) is 10.5. The SMILES string of the molecule is CCCCCCCCC1CCC(C2=CCC(OCC(F)(F)F)C=C2)CC1. The minimum atomic E-state index is -4.24. The van der Waals surface area contributed by atoms with Gasteiger partial charge in [0.15, 0.2) is 0 Å². The number of ether oxygens (including phenoxy) is 1. The highest BCUT2D eigenvalue weighted by atomic mass is 19.4. The molecule has 1 fully saturated rings. The molecule has 0 aliphatic heterocycles. The number of hydrogen-bond acceptors (Lipinski definition) is 1. The Bertz CT molecular complexity index is 445. The molecular formula is C22H35F3O.